The van der Waals surface area contributed by atoms with E-state index in [0.717, 1.165) is 28.7 Å². The fraction of sp³-hybridized carbons (Fsp3) is 0.316. The second-order valence-corrected chi connectivity index (χ2v) is 5.73. The van der Waals surface area contributed by atoms with Crippen LogP contribution in [-0.4, -0.2) is 23.9 Å². The minimum absolute atomic E-state index is 0. The molecular weight excluding hydrogens is 308 g/mol. The molecule has 2 rings (SSSR count). The Bertz CT molecular complexity index is 608. The van der Waals surface area contributed by atoms with E-state index in [1.807, 2.05) is 61.2 Å². The van der Waals surface area contributed by atoms with Crippen LogP contribution in [0.3, 0.4) is 0 Å². The van der Waals surface area contributed by atoms with Crippen LogP contribution in [0.4, 0.5) is 0 Å². The van der Waals surface area contributed by atoms with E-state index in [1.54, 1.807) is 0 Å². The highest BCUT2D eigenvalue weighted by Gasteiger charge is 2.16. The maximum atomic E-state index is 12.8. The Morgan fingerprint density at radius 2 is 1.65 bits per heavy atom. The van der Waals surface area contributed by atoms with Gasteiger partial charge in [0.1, 0.15) is 0 Å². The smallest absolute Gasteiger partial charge is 0.254 e. The SMILES string of the molecule is Cc1cc(C)cc(C(=O)N(CCCN)Cc2ccccc2)c1.Cl. The summed E-state index contributed by atoms with van der Waals surface area (Å²) in [6.45, 7) is 5.92. The summed E-state index contributed by atoms with van der Waals surface area (Å²) in [5.74, 6) is 0.0732. The highest BCUT2D eigenvalue weighted by atomic mass is 35.5. The Balaban J connectivity index is 0.00000264. The zero-order chi connectivity index (χ0) is 15.9. The predicted molar refractivity (Wildman–Crippen MR) is 98.0 cm³/mol. The zero-order valence-electron chi connectivity index (χ0n) is 13.8. The van der Waals surface area contributed by atoms with Crippen LogP contribution in [0.1, 0.15) is 33.5 Å². The number of aryl methyl sites for hydroxylation is 2. The first-order valence-corrected chi connectivity index (χ1v) is 7.71. The Morgan fingerprint density at radius 3 is 2.22 bits per heavy atom. The average Bonchev–Trinajstić information content (AvgIpc) is 2.50. The van der Waals surface area contributed by atoms with Gasteiger partial charge in [0, 0.05) is 18.7 Å². The van der Waals surface area contributed by atoms with Crippen molar-refractivity contribution in [3.8, 4) is 0 Å². The summed E-state index contributed by atoms with van der Waals surface area (Å²) >= 11 is 0. The number of amides is 1. The van der Waals surface area contributed by atoms with Crippen molar-refractivity contribution in [3.63, 3.8) is 0 Å². The van der Waals surface area contributed by atoms with Crippen molar-refractivity contribution in [2.75, 3.05) is 13.1 Å². The molecule has 0 aliphatic rings. The third kappa shape index (κ3) is 5.70. The summed E-state index contributed by atoms with van der Waals surface area (Å²) in [4.78, 5) is 14.7. The molecule has 2 aromatic rings. The zero-order valence-corrected chi connectivity index (χ0v) is 14.6. The topological polar surface area (TPSA) is 46.3 Å². The van der Waals surface area contributed by atoms with Gasteiger partial charge >= 0.3 is 0 Å². The second-order valence-electron chi connectivity index (χ2n) is 5.73. The Morgan fingerprint density at radius 1 is 1.04 bits per heavy atom. The van der Waals surface area contributed by atoms with Gasteiger partial charge < -0.3 is 10.6 Å². The lowest BCUT2D eigenvalue weighted by molar-refractivity contribution is 0.0742. The summed E-state index contributed by atoms with van der Waals surface area (Å²) in [5.41, 5.74) is 9.74. The normalized spacial score (nSPS) is 10.0. The molecule has 4 heteroatoms. The van der Waals surface area contributed by atoms with Crippen LogP contribution in [0, 0.1) is 13.8 Å². The van der Waals surface area contributed by atoms with E-state index >= 15 is 0 Å². The molecule has 0 spiro atoms. The molecule has 0 fully saturated rings. The van der Waals surface area contributed by atoms with Gasteiger partial charge in [-0.3, -0.25) is 4.79 Å². The highest BCUT2D eigenvalue weighted by molar-refractivity contribution is 5.94. The number of carbonyl (C=O) groups excluding carboxylic acids is 1. The van der Waals surface area contributed by atoms with Crippen LogP contribution in [0.25, 0.3) is 0 Å². The van der Waals surface area contributed by atoms with Gasteiger partial charge in [0.25, 0.3) is 5.91 Å². The number of nitrogens with two attached hydrogens (primary N) is 1. The molecule has 23 heavy (non-hydrogen) atoms. The molecule has 0 heterocycles. The lowest BCUT2D eigenvalue weighted by Gasteiger charge is -2.23. The van der Waals surface area contributed by atoms with Crippen LogP contribution >= 0.6 is 12.4 Å². The van der Waals surface area contributed by atoms with Crippen molar-refractivity contribution in [2.24, 2.45) is 5.73 Å². The summed E-state index contributed by atoms with van der Waals surface area (Å²) in [6, 6.07) is 16.1. The number of rotatable bonds is 6. The van der Waals surface area contributed by atoms with E-state index in [1.165, 1.54) is 0 Å². The van der Waals surface area contributed by atoms with Crippen LogP contribution in [0.2, 0.25) is 0 Å². The van der Waals surface area contributed by atoms with Crippen molar-refractivity contribution in [2.45, 2.75) is 26.8 Å². The summed E-state index contributed by atoms with van der Waals surface area (Å²) in [6.07, 6.45) is 0.809. The molecule has 2 aromatic carbocycles. The monoisotopic (exact) mass is 332 g/mol. The summed E-state index contributed by atoms with van der Waals surface area (Å²) in [5, 5.41) is 0. The van der Waals surface area contributed by atoms with Gasteiger partial charge in [-0.2, -0.15) is 0 Å². The molecule has 0 radical (unpaired) electrons. The fourth-order valence-corrected chi connectivity index (χ4v) is 2.62. The Labute approximate surface area is 144 Å². The quantitative estimate of drug-likeness (QED) is 0.876. The number of nitrogens with zero attached hydrogens (tertiary/aromatic N) is 1. The van der Waals surface area contributed by atoms with Gasteiger partial charge in [-0.05, 0) is 44.5 Å². The molecule has 124 valence electrons. The maximum Gasteiger partial charge on any atom is 0.254 e. The third-order valence-corrected chi connectivity index (χ3v) is 3.60. The molecule has 2 N–H and O–H groups in total. The maximum absolute atomic E-state index is 12.8. The van der Waals surface area contributed by atoms with E-state index in [4.69, 9.17) is 5.73 Å². The molecule has 3 nitrogen and oxygen atoms in total. The number of benzene rings is 2. The minimum Gasteiger partial charge on any atom is -0.334 e. The highest BCUT2D eigenvalue weighted by Crippen LogP contribution is 2.14. The van der Waals surface area contributed by atoms with Gasteiger partial charge in [0.15, 0.2) is 0 Å². The van der Waals surface area contributed by atoms with Gasteiger partial charge in [-0.1, -0.05) is 47.5 Å². The predicted octanol–water partition coefficient (Wildman–Crippen LogP) is 3.72. The van der Waals surface area contributed by atoms with Gasteiger partial charge in [-0.15, -0.1) is 12.4 Å². The average molecular weight is 333 g/mol. The lowest BCUT2D eigenvalue weighted by Crippen LogP contribution is -2.32. The van der Waals surface area contributed by atoms with Crippen molar-refractivity contribution < 1.29 is 4.79 Å². The molecule has 0 aliphatic heterocycles. The van der Waals surface area contributed by atoms with Crippen LogP contribution in [-0.2, 0) is 6.54 Å². The molecule has 0 aliphatic carbocycles. The lowest BCUT2D eigenvalue weighted by atomic mass is 10.1. The first-order valence-electron chi connectivity index (χ1n) is 7.71. The molecule has 0 atom stereocenters. The first kappa shape index (κ1) is 19.2. The minimum atomic E-state index is 0. The molecule has 0 aromatic heterocycles. The first-order chi connectivity index (χ1) is 10.6. The van der Waals surface area contributed by atoms with E-state index in [-0.39, 0.29) is 18.3 Å². The summed E-state index contributed by atoms with van der Waals surface area (Å²) < 4.78 is 0. The van der Waals surface area contributed by atoms with Crippen LogP contribution in [0.15, 0.2) is 48.5 Å². The van der Waals surface area contributed by atoms with Crippen molar-refractivity contribution in [3.05, 3.63) is 70.8 Å². The van der Waals surface area contributed by atoms with E-state index < -0.39 is 0 Å². The van der Waals surface area contributed by atoms with Crippen LogP contribution in [0.5, 0.6) is 0 Å². The van der Waals surface area contributed by atoms with Crippen molar-refractivity contribution in [1.29, 1.82) is 0 Å². The van der Waals surface area contributed by atoms with Crippen molar-refractivity contribution in [1.82, 2.24) is 4.90 Å². The van der Waals surface area contributed by atoms with Gasteiger partial charge in [-0.25, -0.2) is 0 Å². The van der Waals surface area contributed by atoms with Crippen LogP contribution < -0.4 is 5.73 Å². The van der Waals surface area contributed by atoms with Crippen molar-refractivity contribution >= 4 is 18.3 Å². The molecule has 0 saturated carbocycles. The third-order valence-electron chi connectivity index (χ3n) is 3.60. The number of carbonyl (C=O) groups is 1. The molecular formula is C19H25ClN2O. The van der Waals surface area contributed by atoms with E-state index in [2.05, 4.69) is 6.07 Å². The van der Waals surface area contributed by atoms with E-state index in [9.17, 15) is 4.79 Å². The Hall–Kier alpha value is -1.84. The fourth-order valence-electron chi connectivity index (χ4n) is 2.62. The Kier molecular flexibility index (Phi) is 7.79. The molecule has 1 amide bonds. The number of hydrogen-bond acceptors (Lipinski definition) is 2. The number of halogens is 1. The largest absolute Gasteiger partial charge is 0.334 e. The molecule has 0 saturated heterocycles. The van der Waals surface area contributed by atoms with E-state index in [0.29, 0.717) is 19.6 Å². The standard InChI is InChI=1S/C19H24N2O.ClH/c1-15-11-16(2)13-18(12-15)19(22)21(10-6-9-20)14-17-7-4-3-5-8-17;/h3-5,7-8,11-13H,6,9-10,14,20H2,1-2H3;1H. The summed E-state index contributed by atoms with van der Waals surface area (Å²) in [7, 11) is 0. The van der Waals surface area contributed by atoms with Gasteiger partial charge in [0.05, 0.1) is 0 Å². The molecule has 0 unspecified atom stereocenters. The van der Waals surface area contributed by atoms with Gasteiger partial charge in [0.2, 0.25) is 0 Å². The molecule has 0 bridgehead atoms. The second kappa shape index (κ2) is 9.33. The number of hydrogen-bond donors (Lipinski definition) is 1.